The zero-order valence-electron chi connectivity index (χ0n) is 17.2. The molecule has 152 valence electrons. The zero-order valence-corrected chi connectivity index (χ0v) is 17.2. The molecule has 1 aliphatic heterocycles. The van der Waals surface area contributed by atoms with Crippen LogP contribution in [0.25, 0.3) is 0 Å². The summed E-state index contributed by atoms with van der Waals surface area (Å²) in [5.41, 5.74) is 14.6. The van der Waals surface area contributed by atoms with Gasteiger partial charge in [0.1, 0.15) is 0 Å². The van der Waals surface area contributed by atoms with E-state index in [-0.39, 0.29) is 11.9 Å². The summed E-state index contributed by atoms with van der Waals surface area (Å²) < 4.78 is 0. The summed E-state index contributed by atoms with van der Waals surface area (Å²) in [6.07, 6.45) is 10.3. The smallest absolute Gasteiger partial charge is 0.234 e. The highest BCUT2D eigenvalue weighted by molar-refractivity contribution is 5.78. The predicted octanol–water partition coefficient (Wildman–Crippen LogP) is 1.91. The quantitative estimate of drug-likeness (QED) is 0.592. The minimum atomic E-state index is 0.105. The van der Waals surface area contributed by atoms with Gasteiger partial charge in [0.2, 0.25) is 5.91 Å². The van der Waals surface area contributed by atoms with Crippen LogP contribution in [0, 0.1) is 5.92 Å². The molecule has 1 aliphatic carbocycles. The maximum atomic E-state index is 12.0. The van der Waals surface area contributed by atoms with E-state index < -0.39 is 0 Å². The molecule has 2 aliphatic rings. The minimum Gasteiger partial charge on any atom is -0.404 e. The monoisotopic (exact) mass is 375 g/mol. The Morgan fingerprint density at radius 2 is 2.07 bits per heavy atom. The van der Waals surface area contributed by atoms with Gasteiger partial charge in [-0.25, -0.2) is 0 Å². The number of allylic oxidation sites excluding steroid dienone is 4. The molecule has 0 aromatic heterocycles. The SMILES string of the molecule is CCC(C)NC(=O)CN1CCN(/C(N)=C/C(=C\N)C2=CCC(C)CC2)CC1. The van der Waals surface area contributed by atoms with Crippen molar-refractivity contribution in [3.05, 3.63) is 35.3 Å². The summed E-state index contributed by atoms with van der Waals surface area (Å²) in [4.78, 5) is 16.4. The lowest BCUT2D eigenvalue weighted by molar-refractivity contribution is -0.123. The molecule has 1 amide bonds. The molecule has 0 saturated carbocycles. The summed E-state index contributed by atoms with van der Waals surface area (Å²) in [6, 6.07) is 0.232. The van der Waals surface area contributed by atoms with Crippen molar-refractivity contribution >= 4 is 5.91 Å². The van der Waals surface area contributed by atoms with Crippen LogP contribution in [0.2, 0.25) is 0 Å². The number of carbonyl (C=O) groups is 1. The van der Waals surface area contributed by atoms with E-state index in [1.807, 2.05) is 13.0 Å². The highest BCUT2D eigenvalue weighted by atomic mass is 16.2. The predicted molar refractivity (Wildman–Crippen MR) is 112 cm³/mol. The molecule has 5 N–H and O–H groups in total. The van der Waals surface area contributed by atoms with Crippen LogP contribution in [0.5, 0.6) is 0 Å². The molecule has 0 spiro atoms. The lowest BCUT2D eigenvalue weighted by Crippen LogP contribution is -2.50. The van der Waals surface area contributed by atoms with Crippen LogP contribution in [0.3, 0.4) is 0 Å². The highest BCUT2D eigenvalue weighted by Gasteiger charge is 2.20. The first kappa shape index (κ1) is 21.4. The van der Waals surface area contributed by atoms with E-state index in [1.165, 1.54) is 12.0 Å². The second-order valence-electron chi connectivity index (χ2n) is 7.94. The minimum absolute atomic E-state index is 0.105. The summed E-state index contributed by atoms with van der Waals surface area (Å²) >= 11 is 0. The molecule has 1 fully saturated rings. The van der Waals surface area contributed by atoms with Gasteiger partial charge in [-0.05, 0) is 55.7 Å². The first-order valence-electron chi connectivity index (χ1n) is 10.3. The Morgan fingerprint density at radius 3 is 2.63 bits per heavy atom. The fourth-order valence-electron chi connectivity index (χ4n) is 3.52. The van der Waals surface area contributed by atoms with Crippen molar-refractivity contribution in [2.45, 2.75) is 52.5 Å². The van der Waals surface area contributed by atoms with Crippen molar-refractivity contribution in [2.75, 3.05) is 32.7 Å². The molecule has 1 saturated heterocycles. The van der Waals surface area contributed by atoms with Crippen LogP contribution in [-0.2, 0) is 4.79 Å². The van der Waals surface area contributed by atoms with E-state index in [2.05, 4.69) is 35.0 Å². The summed E-state index contributed by atoms with van der Waals surface area (Å²) in [7, 11) is 0. The first-order valence-corrected chi connectivity index (χ1v) is 10.3. The Labute approximate surface area is 164 Å². The number of hydrogen-bond acceptors (Lipinski definition) is 5. The van der Waals surface area contributed by atoms with E-state index in [0.717, 1.165) is 62.8 Å². The first-order chi connectivity index (χ1) is 12.9. The van der Waals surface area contributed by atoms with E-state index in [9.17, 15) is 4.79 Å². The van der Waals surface area contributed by atoms with E-state index in [0.29, 0.717) is 6.54 Å². The molecule has 27 heavy (non-hydrogen) atoms. The van der Waals surface area contributed by atoms with Crippen molar-refractivity contribution in [3.8, 4) is 0 Å². The Morgan fingerprint density at radius 1 is 1.37 bits per heavy atom. The second-order valence-corrected chi connectivity index (χ2v) is 7.94. The molecular weight excluding hydrogens is 338 g/mol. The molecule has 6 heteroatoms. The summed E-state index contributed by atoms with van der Waals surface area (Å²) in [6.45, 7) is 10.2. The highest BCUT2D eigenvalue weighted by Crippen LogP contribution is 2.28. The lowest BCUT2D eigenvalue weighted by atomic mass is 9.87. The maximum Gasteiger partial charge on any atom is 0.234 e. The van der Waals surface area contributed by atoms with Gasteiger partial charge in [0, 0.05) is 38.4 Å². The molecule has 2 atom stereocenters. The van der Waals surface area contributed by atoms with E-state index in [1.54, 1.807) is 6.20 Å². The van der Waals surface area contributed by atoms with Crippen LogP contribution in [0.4, 0.5) is 0 Å². The van der Waals surface area contributed by atoms with Crippen LogP contribution >= 0.6 is 0 Å². The summed E-state index contributed by atoms with van der Waals surface area (Å²) in [5.74, 6) is 1.61. The number of amides is 1. The number of carbonyl (C=O) groups excluding carboxylic acids is 1. The van der Waals surface area contributed by atoms with Gasteiger partial charge in [-0.1, -0.05) is 19.9 Å². The van der Waals surface area contributed by atoms with Crippen molar-refractivity contribution < 1.29 is 4.79 Å². The number of rotatable bonds is 7. The molecule has 0 bridgehead atoms. The van der Waals surface area contributed by atoms with E-state index in [4.69, 9.17) is 11.5 Å². The van der Waals surface area contributed by atoms with Crippen molar-refractivity contribution in [1.82, 2.24) is 15.1 Å². The van der Waals surface area contributed by atoms with Gasteiger partial charge in [-0.2, -0.15) is 0 Å². The van der Waals surface area contributed by atoms with Gasteiger partial charge in [0.15, 0.2) is 0 Å². The molecule has 2 unspecified atom stereocenters. The van der Waals surface area contributed by atoms with Crippen LogP contribution in [-0.4, -0.2) is 54.5 Å². The van der Waals surface area contributed by atoms with Crippen LogP contribution in [0.1, 0.15) is 46.5 Å². The molecule has 2 rings (SSSR count). The fourth-order valence-corrected chi connectivity index (χ4v) is 3.52. The maximum absolute atomic E-state index is 12.0. The second kappa shape index (κ2) is 10.4. The molecule has 0 aromatic carbocycles. The Bertz CT molecular complexity index is 587. The molecule has 0 radical (unpaired) electrons. The van der Waals surface area contributed by atoms with Crippen molar-refractivity contribution in [2.24, 2.45) is 17.4 Å². The van der Waals surface area contributed by atoms with Gasteiger partial charge in [-0.3, -0.25) is 9.69 Å². The number of hydrogen-bond donors (Lipinski definition) is 3. The van der Waals surface area contributed by atoms with Gasteiger partial charge in [0.05, 0.1) is 12.4 Å². The Kier molecular flexibility index (Phi) is 8.23. The normalized spacial score (nSPS) is 23.7. The summed E-state index contributed by atoms with van der Waals surface area (Å²) in [5, 5.41) is 3.03. The standard InChI is InChI=1S/C21H37N5O/c1-4-17(3)24-21(27)15-25-9-11-26(12-10-25)20(23)13-19(14-22)18-7-5-16(2)6-8-18/h7,13-14,16-17H,4-6,8-12,15,22-23H2,1-3H3,(H,24,27)/b19-14+,20-13+. The largest absolute Gasteiger partial charge is 0.404 e. The van der Waals surface area contributed by atoms with Gasteiger partial charge < -0.3 is 21.7 Å². The topological polar surface area (TPSA) is 87.6 Å². The fraction of sp³-hybridized carbons (Fsp3) is 0.667. The third kappa shape index (κ3) is 6.61. The molecule has 1 heterocycles. The number of nitrogens with zero attached hydrogens (tertiary/aromatic N) is 2. The number of nitrogens with one attached hydrogen (secondary N) is 1. The van der Waals surface area contributed by atoms with Crippen molar-refractivity contribution in [1.29, 1.82) is 0 Å². The van der Waals surface area contributed by atoms with E-state index >= 15 is 0 Å². The number of piperazine rings is 1. The third-order valence-corrected chi connectivity index (χ3v) is 5.65. The van der Waals surface area contributed by atoms with Crippen LogP contribution < -0.4 is 16.8 Å². The Balaban J connectivity index is 1.85. The van der Waals surface area contributed by atoms with Gasteiger partial charge >= 0.3 is 0 Å². The van der Waals surface area contributed by atoms with Crippen molar-refractivity contribution in [3.63, 3.8) is 0 Å². The van der Waals surface area contributed by atoms with Gasteiger partial charge in [-0.15, -0.1) is 0 Å². The molecular formula is C21H37N5O. The number of nitrogens with two attached hydrogens (primary N) is 2. The average molecular weight is 376 g/mol. The lowest BCUT2D eigenvalue weighted by Gasteiger charge is -2.36. The Hall–Kier alpha value is -1.95. The zero-order chi connectivity index (χ0) is 19.8. The molecule has 0 aromatic rings. The molecule has 6 nitrogen and oxygen atoms in total. The van der Waals surface area contributed by atoms with Gasteiger partial charge in [0.25, 0.3) is 0 Å². The average Bonchev–Trinajstić information content (AvgIpc) is 2.67. The third-order valence-electron chi connectivity index (χ3n) is 5.65. The van der Waals surface area contributed by atoms with Crippen LogP contribution in [0.15, 0.2) is 35.3 Å².